The Morgan fingerprint density at radius 1 is 1.56 bits per heavy atom. The van der Waals surface area contributed by atoms with E-state index in [0.717, 1.165) is 28.8 Å². The van der Waals surface area contributed by atoms with Gasteiger partial charge in [-0.15, -0.1) is 0 Å². The molecular weight excluding hydrogens is 270 g/mol. The van der Waals surface area contributed by atoms with E-state index in [-0.39, 0.29) is 12.1 Å². The number of nitrogens with two attached hydrogens (primary N) is 1. The second-order valence-corrected chi connectivity index (χ2v) is 4.94. The van der Waals surface area contributed by atoms with Gasteiger partial charge in [-0.25, -0.2) is 0 Å². The van der Waals surface area contributed by atoms with Crippen LogP contribution >= 0.6 is 15.9 Å². The molecule has 1 saturated heterocycles. The molecule has 0 spiro atoms. The molecule has 0 bridgehead atoms. The highest BCUT2D eigenvalue weighted by Gasteiger charge is 2.18. The molecule has 2 N–H and O–H groups in total. The van der Waals surface area contributed by atoms with Crippen LogP contribution in [-0.2, 0) is 4.74 Å². The molecule has 2 rings (SSSR count). The fraction of sp³-hybridized carbons (Fsp3) is 0.500. The predicted octanol–water partition coefficient (Wildman–Crippen LogP) is 2.64. The maximum Gasteiger partial charge on any atom is 0.134 e. The van der Waals surface area contributed by atoms with Crippen LogP contribution in [0, 0.1) is 0 Å². The van der Waals surface area contributed by atoms with Crippen LogP contribution in [0.4, 0.5) is 0 Å². The zero-order chi connectivity index (χ0) is 11.5. The van der Waals surface area contributed by atoms with Gasteiger partial charge in [0.1, 0.15) is 11.9 Å². The van der Waals surface area contributed by atoms with E-state index >= 15 is 0 Å². The largest absolute Gasteiger partial charge is 0.487 e. The van der Waals surface area contributed by atoms with Crippen molar-refractivity contribution in [2.24, 2.45) is 5.73 Å². The standard InChI is InChI=1S/C12H16BrNO2/c1-8(14)9-2-3-12(11(13)6-9)16-10-4-5-15-7-10/h2-3,6,8,10H,4-5,7,14H2,1H3/t8-,10?/m0/s1. The molecule has 0 amide bonds. The summed E-state index contributed by atoms with van der Waals surface area (Å²) >= 11 is 3.50. The molecule has 16 heavy (non-hydrogen) atoms. The summed E-state index contributed by atoms with van der Waals surface area (Å²) in [4.78, 5) is 0. The Labute approximate surface area is 104 Å². The molecular formula is C12H16BrNO2. The molecule has 88 valence electrons. The van der Waals surface area contributed by atoms with Crippen LogP contribution in [0.2, 0.25) is 0 Å². The number of hydrogen-bond donors (Lipinski definition) is 1. The first-order valence-electron chi connectivity index (χ1n) is 5.46. The maximum absolute atomic E-state index is 5.83. The van der Waals surface area contributed by atoms with Gasteiger partial charge in [0, 0.05) is 12.5 Å². The second-order valence-electron chi connectivity index (χ2n) is 4.08. The maximum atomic E-state index is 5.83. The summed E-state index contributed by atoms with van der Waals surface area (Å²) in [5.74, 6) is 0.861. The summed E-state index contributed by atoms with van der Waals surface area (Å²) in [5, 5.41) is 0. The van der Waals surface area contributed by atoms with Gasteiger partial charge >= 0.3 is 0 Å². The van der Waals surface area contributed by atoms with Gasteiger partial charge in [0.15, 0.2) is 0 Å². The van der Waals surface area contributed by atoms with Crippen LogP contribution in [0.1, 0.15) is 24.9 Å². The highest BCUT2D eigenvalue weighted by molar-refractivity contribution is 9.10. The Bertz CT molecular complexity index is 362. The number of hydrogen-bond acceptors (Lipinski definition) is 3. The molecule has 1 aromatic rings. The van der Waals surface area contributed by atoms with Gasteiger partial charge in [-0.3, -0.25) is 0 Å². The SMILES string of the molecule is C[C@H](N)c1ccc(OC2CCOC2)c(Br)c1. The van der Waals surface area contributed by atoms with Crippen LogP contribution in [0.25, 0.3) is 0 Å². The Balaban J connectivity index is 2.09. The van der Waals surface area contributed by atoms with Crippen molar-refractivity contribution in [2.45, 2.75) is 25.5 Å². The summed E-state index contributed by atoms with van der Waals surface area (Å²) in [6.07, 6.45) is 1.14. The van der Waals surface area contributed by atoms with Crippen molar-refractivity contribution in [2.75, 3.05) is 13.2 Å². The van der Waals surface area contributed by atoms with Crippen molar-refractivity contribution < 1.29 is 9.47 Å². The molecule has 1 aliphatic rings. The quantitative estimate of drug-likeness (QED) is 0.929. The van der Waals surface area contributed by atoms with E-state index < -0.39 is 0 Å². The monoisotopic (exact) mass is 285 g/mol. The minimum atomic E-state index is 0.0418. The lowest BCUT2D eigenvalue weighted by molar-refractivity contribution is 0.141. The topological polar surface area (TPSA) is 44.5 Å². The lowest BCUT2D eigenvalue weighted by Crippen LogP contribution is -2.16. The normalized spacial score (nSPS) is 22.1. The number of ether oxygens (including phenoxy) is 2. The number of rotatable bonds is 3. The molecule has 2 atom stereocenters. The fourth-order valence-electron chi connectivity index (χ4n) is 1.68. The zero-order valence-corrected chi connectivity index (χ0v) is 10.9. The lowest BCUT2D eigenvalue weighted by atomic mass is 10.1. The van der Waals surface area contributed by atoms with E-state index in [0.29, 0.717) is 6.61 Å². The van der Waals surface area contributed by atoms with Crippen molar-refractivity contribution in [3.05, 3.63) is 28.2 Å². The Morgan fingerprint density at radius 2 is 2.38 bits per heavy atom. The Morgan fingerprint density at radius 3 is 2.94 bits per heavy atom. The molecule has 1 aromatic carbocycles. The minimum Gasteiger partial charge on any atom is -0.487 e. The third-order valence-corrected chi connectivity index (χ3v) is 3.28. The van der Waals surface area contributed by atoms with E-state index in [2.05, 4.69) is 15.9 Å². The van der Waals surface area contributed by atoms with Crippen molar-refractivity contribution >= 4 is 15.9 Å². The van der Waals surface area contributed by atoms with Crippen LogP contribution in [-0.4, -0.2) is 19.3 Å². The van der Waals surface area contributed by atoms with Gasteiger partial charge in [-0.05, 0) is 40.5 Å². The fourth-order valence-corrected chi connectivity index (χ4v) is 2.17. The first kappa shape index (κ1) is 11.9. The molecule has 4 heteroatoms. The zero-order valence-electron chi connectivity index (χ0n) is 9.28. The van der Waals surface area contributed by atoms with Crippen molar-refractivity contribution in [1.29, 1.82) is 0 Å². The third kappa shape index (κ3) is 2.75. The summed E-state index contributed by atoms with van der Waals surface area (Å²) in [7, 11) is 0. The van der Waals surface area contributed by atoms with Crippen LogP contribution in [0.15, 0.2) is 22.7 Å². The minimum absolute atomic E-state index is 0.0418. The van der Waals surface area contributed by atoms with Crippen molar-refractivity contribution in [3.63, 3.8) is 0 Å². The molecule has 0 aliphatic carbocycles. The van der Waals surface area contributed by atoms with E-state index in [9.17, 15) is 0 Å². The molecule has 0 radical (unpaired) electrons. The predicted molar refractivity (Wildman–Crippen MR) is 66.6 cm³/mol. The summed E-state index contributed by atoms with van der Waals surface area (Å²) in [5.41, 5.74) is 6.91. The first-order chi connectivity index (χ1) is 7.66. The second kappa shape index (κ2) is 5.17. The summed E-state index contributed by atoms with van der Waals surface area (Å²) in [6, 6.07) is 6.01. The molecule has 1 heterocycles. The molecule has 1 unspecified atom stereocenters. The van der Waals surface area contributed by atoms with Crippen LogP contribution in [0.3, 0.4) is 0 Å². The lowest BCUT2D eigenvalue weighted by Gasteiger charge is -2.15. The molecule has 0 aromatic heterocycles. The average Bonchev–Trinajstić information content (AvgIpc) is 2.73. The number of halogens is 1. The van der Waals surface area contributed by atoms with Gasteiger partial charge in [0.2, 0.25) is 0 Å². The molecule has 3 nitrogen and oxygen atoms in total. The van der Waals surface area contributed by atoms with E-state index in [4.69, 9.17) is 15.2 Å². The Kier molecular flexibility index (Phi) is 3.84. The van der Waals surface area contributed by atoms with E-state index in [1.807, 2.05) is 25.1 Å². The molecule has 1 fully saturated rings. The summed E-state index contributed by atoms with van der Waals surface area (Å²) in [6.45, 7) is 3.44. The summed E-state index contributed by atoms with van der Waals surface area (Å²) < 4.78 is 12.1. The van der Waals surface area contributed by atoms with E-state index in [1.54, 1.807) is 0 Å². The highest BCUT2D eigenvalue weighted by atomic mass is 79.9. The van der Waals surface area contributed by atoms with Gasteiger partial charge in [-0.2, -0.15) is 0 Å². The van der Waals surface area contributed by atoms with E-state index in [1.165, 1.54) is 0 Å². The molecule has 0 saturated carbocycles. The van der Waals surface area contributed by atoms with Gasteiger partial charge < -0.3 is 15.2 Å². The highest BCUT2D eigenvalue weighted by Crippen LogP contribution is 2.29. The average molecular weight is 286 g/mol. The van der Waals surface area contributed by atoms with Gasteiger partial charge in [0.05, 0.1) is 17.7 Å². The van der Waals surface area contributed by atoms with Gasteiger partial charge in [-0.1, -0.05) is 6.07 Å². The molecule has 1 aliphatic heterocycles. The Hall–Kier alpha value is -0.580. The van der Waals surface area contributed by atoms with Crippen molar-refractivity contribution in [3.8, 4) is 5.75 Å². The van der Waals surface area contributed by atoms with Crippen LogP contribution < -0.4 is 10.5 Å². The van der Waals surface area contributed by atoms with Crippen LogP contribution in [0.5, 0.6) is 5.75 Å². The smallest absolute Gasteiger partial charge is 0.134 e. The number of benzene rings is 1. The van der Waals surface area contributed by atoms with Crippen molar-refractivity contribution in [1.82, 2.24) is 0 Å². The first-order valence-corrected chi connectivity index (χ1v) is 6.25. The third-order valence-electron chi connectivity index (χ3n) is 2.66. The van der Waals surface area contributed by atoms with Gasteiger partial charge in [0.25, 0.3) is 0 Å².